The molecular weight excluding hydrogens is 300 g/mol. The van der Waals surface area contributed by atoms with Crippen LogP contribution in [0.5, 0.6) is 0 Å². The van der Waals surface area contributed by atoms with Gasteiger partial charge in [0.05, 0.1) is 6.61 Å². The minimum Gasteiger partial charge on any atom is -0.237 e. The second-order valence-electron chi connectivity index (χ2n) is 5.14. The van der Waals surface area contributed by atoms with Gasteiger partial charge >= 0.3 is 0 Å². The van der Waals surface area contributed by atoms with Gasteiger partial charge in [-0.15, -0.1) is 0 Å². The lowest BCUT2D eigenvalue weighted by Gasteiger charge is -2.15. The highest BCUT2D eigenvalue weighted by Crippen LogP contribution is 2.32. The van der Waals surface area contributed by atoms with Crippen molar-refractivity contribution in [1.82, 2.24) is 0 Å². The molecule has 0 fully saturated rings. The van der Waals surface area contributed by atoms with Crippen LogP contribution in [0.4, 0.5) is 0 Å². The molecule has 2 rings (SSSR count). The summed E-state index contributed by atoms with van der Waals surface area (Å²) in [5, 5.41) is 13.1. The molecule has 2 heteroatoms. The molecule has 0 bridgehead atoms. The fourth-order valence-corrected chi connectivity index (χ4v) is 3.11. The molecule has 19 heavy (non-hydrogen) atoms. The van der Waals surface area contributed by atoms with Crippen LogP contribution in [-0.2, 0) is 5.11 Å². The molecule has 0 saturated heterocycles. The highest BCUT2D eigenvalue weighted by molar-refractivity contribution is 9.10. The van der Waals surface area contributed by atoms with Crippen LogP contribution in [0.15, 0.2) is 40.9 Å². The SMILES string of the molecule is CC(CCCCC[O])c1cccc2c(Br)cccc12. The Kier molecular flexibility index (Phi) is 5.41. The monoisotopic (exact) mass is 319 g/mol. The van der Waals surface area contributed by atoms with E-state index >= 15 is 0 Å². The maximum atomic E-state index is 10.5. The zero-order chi connectivity index (χ0) is 13.7. The van der Waals surface area contributed by atoms with Crippen molar-refractivity contribution in [3.8, 4) is 0 Å². The standard InChI is InChI=1S/C17H20BrO/c1-13(7-3-2-4-12-19)14-8-5-10-16-15(14)9-6-11-17(16)18/h5-6,8-11,13H,2-4,7,12H2,1H3. The van der Waals surface area contributed by atoms with E-state index < -0.39 is 0 Å². The van der Waals surface area contributed by atoms with Crippen LogP contribution in [0.25, 0.3) is 10.8 Å². The van der Waals surface area contributed by atoms with Crippen molar-refractivity contribution < 1.29 is 5.11 Å². The molecule has 0 aliphatic heterocycles. The predicted molar refractivity (Wildman–Crippen MR) is 84.1 cm³/mol. The molecule has 1 unspecified atom stereocenters. The Labute approximate surface area is 123 Å². The quantitative estimate of drug-likeness (QED) is 0.609. The van der Waals surface area contributed by atoms with E-state index in [0.29, 0.717) is 5.92 Å². The molecule has 0 aromatic heterocycles. The zero-order valence-corrected chi connectivity index (χ0v) is 12.9. The Morgan fingerprint density at radius 2 is 1.74 bits per heavy atom. The Balaban J connectivity index is 2.17. The van der Waals surface area contributed by atoms with Gasteiger partial charge in [-0.2, -0.15) is 0 Å². The van der Waals surface area contributed by atoms with Gasteiger partial charge in [-0.25, -0.2) is 5.11 Å². The van der Waals surface area contributed by atoms with E-state index in [1.165, 1.54) is 16.3 Å². The molecule has 2 aromatic rings. The third-order valence-electron chi connectivity index (χ3n) is 3.71. The molecule has 2 aromatic carbocycles. The minimum atomic E-state index is 0.0651. The number of benzene rings is 2. The fraction of sp³-hybridized carbons (Fsp3) is 0.412. The second kappa shape index (κ2) is 7.06. The van der Waals surface area contributed by atoms with Gasteiger partial charge in [-0.05, 0) is 41.2 Å². The molecule has 1 atom stereocenters. The molecule has 0 N–H and O–H groups in total. The van der Waals surface area contributed by atoms with E-state index in [-0.39, 0.29) is 6.61 Å². The summed E-state index contributed by atoms with van der Waals surface area (Å²) in [6.07, 6.45) is 4.18. The van der Waals surface area contributed by atoms with E-state index in [4.69, 9.17) is 0 Å². The lowest BCUT2D eigenvalue weighted by atomic mass is 9.91. The summed E-state index contributed by atoms with van der Waals surface area (Å²) in [6.45, 7) is 2.35. The zero-order valence-electron chi connectivity index (χ0n) is 11.4. The average Bonchev–Trinajstić information content (AvgIpc) is 2.43. The summed E-state index contributed by atoms with van der Waals surface area (Å²) in [4.78, 5) is 0. The maximum Gasteiger partial charge on any atom is 0.0822 e. The van der Waals surface area contributed by atoms with E-state index in [9.17, 15) is 5.11 Å². The van der Waals surface area contributed by atoms with Gasteiger partial charge in [0.15, 0.2) is 0 Å². The van der Waals surface area contributed by atoms with Gasteiger partial charge in [0, 0.05) is 4.47 Å². The van der Waals surface area contributed by atoms with Gasteiger partial charge in [-0.1, -0.05) is 66.0 Å². The van der Waals surface area contributed by atoms with Crippen LogP contribution in [0, 0.1) is 0 Å². The van der Waals surface area contributed by atoms with Gasteiger partial charge in [0.1, 0.15) is 0 Å². The maximum absolute atomic E-state index is 10.5. The number of halogens is 1. The van der Waals surface area contributed by atoms with Crippen LogP contribution in [0.3, 0.4) is 0 Å². The van der Waals surface area contributed by atoms with Gasteiger partial charge in [0.25, 0.3) is 0 Å². The first-order valence-electron chi connectivity index (χ1n) is 6.99. The highest BCUT2D eigenvalue weighted by Gasteiger charge is 2.10. The third kappa shape index (κ3) is 3.58. The molecule has 0 heterocycles. The van der Waals surface area contributed by atoms with Crippen LogP contribution in [0.1, 0.15) is 44.1 Å². The number of hydrogen-bond donors (Lipinski definition) is 0. The Morgan fingerprint density at radius 3 is 2.53 bits per heavy atom. The topological polar surface area (TPSA) is 19.9 Å². The molecule has 101 valence electrons. The first-order valence-corrected chi connectivity index (χ1v) is 7.78. The van der Waals surface area contributed by atoms with Crippen molar-refractivity contribution in [2.75, 3.05) is 6.61 Å². The number of hydrogen-bond acceptors (Lipinski definition) is 0. The summed E-state index contributed by atoms with van der Waals surface area (Å²) in [5.74, 6) is 0.546. The summed E-state index contributed by atoms with van der Waals surface area (Å²) >= 11 is 3.62. The second-order valence-corrected chi connectivity index (χ2v) is 5.99. The summed E-state index contributed by atoms with van der Waals surface area (Å²) in [7, 11) is 0. The molecule has 0 aliphatic rings. The normalized spacial score (nSPS) is 12.8. The molecule has 0 amide bonds. The van der Waals surface area contributed by atoms with Gasteiger partial charge in [-0.3, -0.25) is 0 Å². The van der Waals surface area contributed by atoms with Crippen LogP contribution >= 0.6 is 15.9 Å². The molecule has 1 nitrogen and oxygen atoms in total. The largest absolute Gasteiger partial charge is 0.237 e. The third-order valence-corrected chi connectivity index (χ3v) is 4.41. The highest BCUT2D eigenvalue weighted by atomic mass is 79.9. The fourth-order valence-electron chi connectivity index (χ4n) is 2.61. The number of unbranched alkanes of at least 4 members (excludes halogenated alkanes) is 2. The van der Waals surface area contributed by atoms with Gasteiger partial charge < -0.3 is 0 Å². The predicted octanol–water partition coefficient (Wildman–Crippen LogP) is 5.70. The van der Waals surface area contributed by atoms with Crippen molar-refractivity contribution >= 4 is 26.7 Å². The molecular formula is C17H20BrO. The smallest absolute Gasteiger partial charge is 0.0822 e. The van der Waals surface area contributed by atoms with Crippen LogP contribution < -0.4 is 0 Å². The first kappa shape index (κ1) is 14.5. The van der Waals surface area contributed by atoms with E-state index in [1.54, 1.807) is 0 Å². The van der Waals surface area contributed by atoms with Crippen molar-refractivity contribution in [2.24, 2.45) is 0 Å². The summed E-state index contributed by atoms with van der Waals surface area (Å²) in [6, 6.07) is 12.9. The molecule has 0 saturated carbocycles. The van der Waals surface area contributed by atoms with Crippen LogP contribution in [-0.4, -0.2) is 6.61 Å². The minimum absolute atomic E-state index is 0.0651. The lowest BCUT2D eigenvalue weighted by Crippen LogP contribution is -1.96. The Morgan fingerprint density at radius 1 is 1.00 bits per heavy atom. The van der Waals surface area contributed by atoms with Crippen molar-refractivity contribution in [3.63, 3.8) is 0 Å². The van der Waals surface area contributed by atoms with Crippen molar-refractivity contribution in [2.45, 2.75) is 38.5 Å². The van der Waals surface area contributed by atoms with Crippen LogP contribution in [0.2, 0.25) is 0 Å². The Hall–Kier alpha value is -0.860. The van der Waals surface area contributed by atoms with E-state index in [2.05, 4.69) is 59.3 Å². The lowest BCUT2D eigenvalue weighted by molar-refractivity contribution is 0.185. The molecule has 0 spiro atoms. The molecule has 1 radical (unpaired) electrons. The van der Waals surface area contributed by atoms with Crippen molar-refractivity contribution in [1.29, 1.82) is 0 Å². The molecule has 0 aliphatic carbocycles. The first-order chi connectivity index (χ1) is 9.24. The summed E-state index contributed by atoms with van der Waals surface area (Å²) in [5.41, 5.74) is 1.42. The van der Waals surface area contributed by atoms with Gasteiger partial charge in [0.2, 0.25) is 0 Å². The Bertz CT molecular complexity index is 536. The van der Waals surface area contributed by atoms with Crippen molar-refractivity contribution in [3.05, 3.63) is 46.4 Å². The average molecular weight is 320 g/mol. The number of rotatable bonds is 6. The van der Waals surface area contributed by atoms with E-state index in [0.717, 1.165) is 30.2 Å². The number of fused-ring (bicyclic) bond motifs is 1. The summed E-state index contributed by atoms with van der Waals surface area (Å²) < 4.78 is 1.16. The van der Waals surface area contributed by atoms with E-state index in [1.807, 2.05) is 0 Å².